The summed E-state index contributed by atoms with van der Waals surface area (Å²) in [7, 11) is 0. The molecule has 166 valence electrons. The Morgan fingerprint density at radius 2 is 1.67 bits per heavy atom. The van der Waals surface area contributed by atoms with Gasteiger partial charge in [0.05, 0.1) is 5.69 Å². The van der Waals surface area contributed by atoms with Crippen LogP contribution in [0.15, 0.2) is 78.5 Å². The number of halogens is 2. The third-order valence-electron chi connectivity index (χ3n) is 4.65. The number of hydrogen-bond donors (Lipinski definition) is 2. The van der Waals surface area contributed by atoms with Crippen molar-refractivity contribution >= 4 is 46.9 Å². The highest BCUT2D eigenvalue weighted by molar-refractivity contribution is 6.31. The molecule has 33 heavy (non-hydrogen) atoms. The number of hydrogen-bond acceptors (Lipinski definition) is 4. The van der Waals surface area contributed by atoms with E-state index in [1.165, 1.54) is 24.3 Å². The number of anilines is 2. The lowest BCUT2D eigenvalue weighted by Gasteiger charge is -2.11. The Morgan fingerprint density at radius 3 is 2.33 bits per heavy atom. The van der Waals surface area contributed by atoms with Gasteiger partial charge in [-0.15, -0.1) is 0 Å². The van der Waals surface area contributed by atoms with E-state index in [4.69, 9.17) is 16.3 Å². The molecule has 0 atom stereocenters. The molecule has 4 rings (SSSR count). The molecule has 1 aliphatic rings. The van der Waals surface area contributed by atoms with Crippen molar-refractivity contribution in [3.63, 3.8) is 0 Å². The van der Waals surface area contributed by atoms with Crippen molar-refractivity contribution in [2.24, 2.45) is 0 Å². The van der Waals surface area contributed by atoms with Gasteiger partial charge >= 0.3 is 6.03 Å². The first kappa shape index (κ1) is 22.0. The second kappa shape index (κ2) is 9.54. The van der Waals surface area contributed by atoms with Crippen molar-refractivity contribution in [2.75, 3.05) is 16.8 Å². The summed E-state index contributed by atoms with van der Waals surface area (Å²) >= 11 is 5.86. The Balaban J connectivity index is 1.36. The molecule has 0 aliphatic carbocycles. The van der Waals surface area contributed by atoms with E-state index in [2.05, 4.69) is 10.6 Å². The summed E-state index contributed by atoms with van der Waals surface area (Å²) in [4.78, 5) is 37.9. The molecular formula is C24H17ClFN3O4. The van der Waals surface area contributed by atoms with Crippen LogP contribution in [0.4, 0.5) is 20.6 Å². The van der Waals surface area contributed by atoms with E-state index in [9.17, 15) is 18.8 Å². The Hall–Kier alpha value is -4.17. The molecule has 1 fully saturated rings. The smallest absolute Gasteiger partial charge is 0.333 e. The van der Waals surface area contributed by atoms with E-state index in [-0.39, 0.29) is 12.3 Å². The van der Waals surface area contributed by atoms with Crippen LogP contribution in [0.2, 0.25) is 5.02 Å². The Bertz CT molecular complexity index is 1230. The minimum absolute atomic E-state index is 0.127. The van der Waals surface area contributed by atoms with Crippen molar-refractivity contribution in [3.05, 3.63) is 94.9 Å². The van der Waals surface area contributed by atoms with Gasteiger partial charge in [-0.3, -0.25) is 9.59 Å². The fourth-order valence-electron chi connectivity index (χ4n) is 3.07. The SMILES string of the molecule is O=C(COc1ccc(/C=C2/NC(=O)N(c3ccc(Cl)cc3)C2=O)cc1)Nc1ccc(F)cc1. The maximum atomic E-state index is 12.9. The van der Waals surface area contributed by atoms with Gasteiger partial charge < -0.3 is 15.4 Å². The summed E-state index contributed by atoms with van der Waals surface area (Å²) in [6.07, 6.45) is 1.54. The third-order valence-corrected chi connectivity index (χ3v) is 4.90. The van der Waals surface area contributed by atoms with Crippen LogP contribution >= 0.6 is 11.6 Å². The largest absolute Gasteiger partial charge is 0.484 e. The summed E-state index contributed by atoms with van der Waals surface area (Å²) in [6, 6.07) is 17.8. The van der Waals surface area contributed by atoms with E-state index >= 15 is 0 Å². The number of rotatable bonds is 6. The standard InChI is InChI=1S/C24H17ClFN3O4/c25-16-3-9-19(10-4-16)29-23(31)21(28-24(29)32)13-15-1-11-20(12-2-15)33-14-22(30)27-18-7-5-17(26)6-8-18/h1-13H,14H2,(H,27,30)(H,28,32)/b21-13+. The number of benzene rings is 3. The number of amides is 4. The van der Waals surface area contributed by atoms with Crippen molar-refractivity contribution in [1.82, 2.24) is 5.32 Å². The van der Waals surface area contributed by atoms with Crippen LogP contribution in [-0.4, -0.2) is 24.5 Å². The van der Waals surface area contributed by atoms with Crippen molar-refractivity contribution < 1.29 is 23.5 Å². The molecule has 0 radical (unpaired) electrons. The first-order chi connectivity index (χ1) is 15.9. The summed E-state index contributed by atoms with van der Waals surface area (Å²) in [6.45, 7) is -0.234. The predicted molar refractivity (Wildman–Crippen MR) is 122 cm³/mol. The average molecular weight is 466 g/mol. The van der Waals surface area contributed by atoms with E-state index in [0.29, 0.717) is 27.7 Å². The van der Waals surface area contributed by atoms with Gasteiger partial charge in [-0.05, 0) is 72.3 Å². The summed E-state index contributed by atoms with van der Waals surface area (Å²) in [5.74, 6) is -0.832. The second-order valence-electron chi connectivity index (χ2n) is 7.02. The van der Waals surface area contributed by atoms with Crippen LogP contribution in [0.3, 0.4) is 0 Å². The lowest BCUT2D eigenvalue weighted by Crippen LogP contribution is -2.30. The molecule has 0 unspecified atom stereocenters. The Labute approximate surface area is 193 Å². The summed E-state index contributed by atoms with van der Waals surface area (Å²) < 4.78 is 18.4. The van der Waals surface area contributed by atoms with Gasteiger partial charge in [-0.1, -0.05) is 23.7 Å². The molecule has 1 saturated heterocycles. The monoisotopic (exact) mass is 465 g/mol. The van der Waals surface area contributed by atoms with Crippen molar-refractivity contribution in [3.8, 4) is 5.75 Å². The first-order valence-corrected chi connectivity index (χ1v) is 10.2. The molecule has 0 spiro atoms. The highest BCUT2D eigenvalue weighted by Crippen LogP contribution is 2.24. The number of nitrogens with one attached hydrogen (secondary N) is 2. The third kappa shape index (κ3) is 5.36. The Kier molecular flexibility index (Phi) is 6.37. The van der Waals surface area contributed by atoms with Gasteiger partial charge in [0.15, 0.2) is 6.61 Å². The van der Waals surface area contributed by atoms with Crippen molar-refractivity contribution in [1.29, 1.82) is 0 Å². The normalized spacial score (nSPS) is 14.4. The van der Waals surface area contributed by atoms with E-state index in [1.54, 1.807) is 54.6 Å². The Morgan fingerprint density at radius 1 is 1.00 bits per heavy atom. The van der Waals surface area contributed by atoms with Gasteiger partial charge in [0.1, 0.15) is 17.3 Å². The summed E-state index contributed by atoms with van der Waals surface area (Å²) in [5, 5.41) is 5.65. The lowest BCUT2D eigenvalue weighted by molar-refractivity contribution is -0.118. The first-order valence-electron chi connectivity index (χ1n) is 9.80. The number of carbonyl (C=O) groups is 3. The number of ether oxygens (including phenoxy) is 1. The molecule has 7 nitrogen and oxygen atoms in total. The maximum Gasteiger partial charge on any atom is 0.333 e. The van der Waals surface area contributed by atoms with Crippen LogP contribution < -0.4 is 20.3 Å². The minimum Gasteiger partial charge on any atom is -0.484 e. The lowest BCUT2D eigenvalue weighted by atomic mass is 10.2. The predicted octanol–water partition coefficient (Wildman–Crippen LogP) is 4.59. The van der Waals surface area contributed by atoms with Crippen LogP contribution in [0.1, 0.15) is 5.56 Å². The van der Waals surface area contributed by atoms with E-state index < -0.39 is 23.7 Å². The molecule has 0 saturated carbocycles. The molecule has 0 aromatic heterocycles. The molecule has 3 aromatic rings. The van der Waals surface area contributed by atoms with Gasteiger partial charge in [-0.25, -0.2) is 14.1 Å². The molecule has 4 amide bonds. The fourth-order valence-corrected chi connectivity index (χ4v) is 3.19. The van der Waals surface area contributed by atoms with E-state index in [0.717, 1.165) is 4.90 Å². The topological polar surface area (TPSA) is 87.7 Å². The van der Waals surface area contributed by atoms with Gasteiger partial charge in [-0.2, -0.15) is 0 Å². The van der Waals surface area contributed by atoms with Crippen LogP contribution in [0.25, 0.3) is 6.08 Å². The molecule has 3 aromatic carbocycles. The molecular weight excluding hydrogens is 449 g/mol. The summed E-state index contributed by atoms with van der Waals surface area (Å²) in [5.41, 5.74) is 1.65. The maximum absolute atomic E-state index is 12.9. The minimum atomic E-state index is -0.555. The number of imide groups is 1. The second-order valence-corrected chi connectivity index (χ2v) is 7.45. The molecule has 1 heterocycles. The zero-order valence-corrected chi connectivity index (χ0v) is 17.8. The molecule has 0 bridgehead atoms. The van der Waals surface area contributed by atoms with Gasteiger partial charge in [0, 0.05) is 10.7 Å². The van der Waals surface area contributed by atoms with Crippen LogP contribution in [-0.2, 0) is 9.59 Å². The molecule has 9 heteroatoms. The average Bonchev–Trinajstić information content (AvgIpc) is 3.08. The van der Waals surface area contributed by atoms with Gasteiger partial charge in [0.25, 0.3) is 11.8 Å². The number of nitrogens with zero attached hydrogens (tertiary/aromatic N) is 1. The zero-order chi connectivity index (χ0) is 23.4. The van der Waals surface area contributed by atoms with E-state index in [1.807, 2.05) is 0 Å². The van der Waals surface area contributed by atoms with Crippen LogP contribution in [0, 0.1) is 5.82 Å². The quantitative estimate of drug-likeness (QED) is 0.411. The number of urea groups is 1. The van der Waals surface area contributed by atoms with Gasteiger partial charge in [0.2, 0.25) is 0 Å². The zero-order valence-electron chi connectivity index (χ0n) is 17.0. The van der Waals surface area contributed by atoms with Crippen LogP contribution in [0.5, 0.6) is 5.75 Å². The van der Waals surface area contributed by atoms with Crippen molar-refractivity contribution in [2.45, 2.75) is 0 Å². The fraction of sp³-hybridized carbons (Fsp3) is 0.0417. The number of carbonyl (C=O) groups excluding carboxylic acids is 3. The molecule has 1 aliphatic heterocycles. The molecule has 2 N–H and O–H groups in total. The highest BCUT2D eigenvalue weighted by atomic mass is 35.5. The highest BCUT2D eigenvalue weighted by Gasteiger charge is 2.34.